The van der Waals surface area contributed by atoms with Crippen LogP contribution in [-0.4, -0.2) is 155 Å². The van der Waals surface area contributed by atoms with Gasteiger partial charge in [-0.1, -0.05) is 77.0 Å². The van der Waals surface area contributed by atoms with E-state index in [-0.39, 0.29) is 31.0 Å². The Kier molecular flexibility index (Phi) is 16.1. The van der Waals surface area contributed by atoms with E-state index in [0.29, 0.717) is 17.9 Å². The van der Waals surface area contributed by atoms with Crippen LogP contribution in [0.3, 0.4) is 0 Å². The fourth-order valence-electron chi connectivity index (χ4n) is 23.0. The van der Waals surface area contributed by atoms with E-state index in [1.165, 1.54) is 257 Å². The van der Waals surface area contributed by atoms with Crippen LogP contribution in [0.5, 0.6) is 0 Å². The molecule has 76 heavy (non-hydrogen) atoms. The lowest BCUT2D eigenvalue weighted by Gasteiger charge is -2.50. The van der Waals surface area contributed by atoms with Crippen LogP contribution in [-0.2, 0) is 9.47 Å². The van der Waals surface area contributed by atoms with Gasteiger partial charge in [-0.25, -0.2) is 0 Å². The van der Waals surface area contributed by atoms with Crippen LogP contribution in [0.1, 0.15) is 238 Å². The molecule has 11 heteroatoms. The first-order valence-corrected chi connectivity index (χ1v) is 34.8. The number of likely N-dealkylation sites (tertiary alicyclic amines) is 2. The number of nitrogens with zero attached hydrogens (tertiary/aromatic N) is 4. The molecular weight excluding hydrogens is 939 g/mol. The summed E-state index contributed by atoms with van der Waals surface area (Å²) in [7, 11) is 0. The van der Waals surface area contributed by atoms with Crippen LogP contribution in [0.25, 0.3) is 0 Å². The van der Waals surface area contributed by atoms with Crippen molar-refractivity contribution in [3.05, 3.63) is 0 Å². The van der Waals surface area contributed by atoms with Gasteiger partial charge in [-0.3, -0.25) is 35.6 Å². The van der Waals surface area contributed by atoms with Gasteiger partial charge in [-0.05, 0) is 222 Å². The summed E-state index contributed by atoms with van der Waals surface area (Å²) in [6.45, 7) is 4.99. The number of nitrogens with one attached hydrogen (secondary N) is 5. The summed E-state index contributed by atoms with van der Waals surface area (Å²) in [6, 6.07) is 10.3. The van der Waals surface area contributed by atoms with E-state index < -0.39 is 0 Å². The predicted molar refractivity (Wildman–Crippen MR) is 305 cm³/mol. The van der Waals surface area contributed by atoms with Crippen LogP contribution in [0.15, 0.2) is 0 Å². The number of rotatable bonds is 10. The molecular formula is C65H111N9O2. The van der Waals surface area contributed by atoms with Crippen LogP contribution in [0.2, 0.25) is 0 Å². The van der Waals surface area contributed by atoms with Gasteiger partial charge in [0.1, 0.15) is 18.7 Å². The Morgan fingerprint density at radius 2 is 0.737 bits per heavy atom. The molecule has 15 rings (SSSR count). The van der Waals surface area contributed by atoms with Crippen molar-refractivity contribution < 1.29 is 9.47 Å². The summed E-state index contributed by atoms with van der Waals surface area (Å²) >= 11 is 0. The molecule has 11 nitrogen and oxygen atoms in total. The predicted octanol–water partition coefficient (Wildman–Crippen LogP) is 9.98. The smallest absolute Gasteiger partial charge is 0.127 e. The van der Waals surface area contributed by atoms with Crippen molar-refractivity contribution in [2.24, 2.45) is 35.5 Å². The van der Waals surface area contributed by atoms with Gasteiger partial charge in [0, 0.05) is 72.5 Å². The second kappa shape index (κ2) is 23.3. The minimum absolute atomic E-state index is 0.0925. The summed E-state index contributed by atoms with van der Waals surface area (Å²) in [5.74, 6) is 4.76. The average molecular weight is 1050 g/mol. The van der Waals surface area contributed by atoms with Gasteiger partial charge in [0.05, 0.1) is 18.3 Å². The maximum atomic E-state index is 7.09. The molecule has 5 N–H and O–H groups in total. The first-order valence-electron chi connectivity index (χ1n) is 34.8. The van der Waals surface area contributed by atoms with E-state index in [4.69, 9.17) is 9.47 Å². The summed E-state index contributed by atoms with van der Waals surface area (Å²) in [6.07, 6.45) is 53.8. The zero-order valence-electron chi connectivity index (χ0n) is 48.0. The zero-order chi connectivity index (χ0) is 50.1. The minimum atomic E-state index is 0.0925. The van der Waals surface area contributed by atoms with E-state index >= 15 is 0 Å². The maximum Gasteiger partial charge on any atom is 0.127 e. The molecule has 0 amide bonds. The summed E-state index contributed by atoms with van der Waals surface area (Å²) in [4.78, 5) is 12.9. The van der Waals surface area contributed by atoms with Gasteiger partial charge in [0.25, 0.3) is 0 Å². The monoisotopic (exact) mass is 1050 g/mol. The average Bonchev–Trinajstić information content (AvgIpc) is 4.32. The molecule has 0 aromatic carbocycles. The fraction of sp³-hybridized carbons (Fsp3) is 1.00. The quantitative estimate of drug-likeness (QED) is 0.145. The molecule has 0 bridgehead atoms. The van der Waals surface area contributed by atoms with Gasteiger partial charge in [-0.2, -0.15) is 0 Å². The Balaban J connectivity index is 0.533. The van der Waals surface area contributed by atoms with Crippen molar-refractivity contribution in [3.63, 3.8) is 0 Å². The highest BCUT2D eigenvalue weighted by atomic mass is 16.5. The third-order valence-corrected chi connectivity index (χ3v) is 26.2. The van der Waals surface area contributed by atoms with Crippen molar-refractivity contribution in [2.75, 3.05) is 26.2 Å². The van der Waals surface area contributed by atoms with Crippen molar-refractivity contribution in [1.82, 2.24) is 46.2 Å². The number of fused-ring (bicyclic) bond motifs is 8. The Morgan fingerprint density at radius 1 is 0.329 bits per heavy atom. The van der Waals surface area contributed by atoms with Crippen LogP contribution < -0.4 is 26.6 Å². The molecule has 8 aliphatic carbocycles. The molecule has 8 saturated carbocycles. The summed E-state index contributed by atoms with van der Waals surface area (Å²) in [5, 5.41) is 20.0. The third-order valence-electron chi connectivity index (χ3n) is 26.2. The van der Waals surface area contributed by atoms with E-state index in [1.54, 1.807) is 0 Å². The number of ether oxygens (including phenoxy) is 2. The molecule has 0 aromatic heterocycles. The Morgan fingerprint density at radius 3 is 1.18 bits per heavy atom. The van der Waals surface area contributed by atoms with E-state index in [2.05, 4.69) is 46.2 Å². The lowest BCUT2D eigenvalue weighted by molar-refractivity contribution is -0.0608. The zero-order valence-corrected chi connectivity index (χ0v) is 48.0. The van der Waals surface area contributed by atoms with Gasteiger partial charge >= 0.3 is 0 Å². The molecule has 0 aromatic rings. The minimum Gasteiger partial charge on any atom is -0.357 e. The van der Waals surface area contributed by atoms with Crippen molar-refractivity contribution in [2.45, 2.75) is 347 Å². The molecule has 16 unspecified atom stereocenters. The topological polar surface area (TPSA) is 91.6 Å². The van der Waals surface area contributed by atoms with E-state index in [9.17, 15) is 0 Å². The Labute approximate surface area is 462 Å². The molecule has 0 spiro atoms. The largest absolute Gasteiger partial charge is 0.357 e. The van der Waals surface area contributed by atoms with E-state index in [1.807, 2.05) is 0 Å². The number of hydrogen-bond acceptors (Lipinski definition) is 11. The lowest BCUT2D eigenvalue weighted by Crippen LogP contribution is -2.60. The van der Waals surface area contributed by atoms with Crippen LogP contribution in [0.4, 0.5) is 0 Å². The Bertz CT molecular complexity index is 1680. The maximum absolute atomic E-state index is 7.09. The first-order chi connectivity index (χ1) is 37.7. The fourth-order valence-corrected chi connectivity index (χ4v) is 23.0. The van der Waals surface area contributed by atoms with Crippen molar-refractivity contribution >= 4 is 0 Å². The molecule has 15 aliphatic rings. The molecule has 428 valence electrons. The second-order valence-corrected chi connectivity index (χ2v) is 29.8. The second-order valence-electron chi connectivity index (χ2n) is 29.8. The van der Waals surface area contributed by atoms with E-state index in [0.717, 1.165) is 103 Å². The van der Waals surface area contributed by atoms with Crippen LogP contribution >= 0.6 is 0 Å². The summed E-state index contributed by atoms with van der Waals surface area (Å²) in [5.41, 5.74) is 0. The number of hydrogen-bond donors (Lipinski definition) is 5. The number of piperidine rings is 3. The molecule has 16 atom stereocenters. The molecule has 7 aliphatic heterocycles. The first kappa shape index (κ1) is 52.4. The molecule has 15 fully saturated rings. The Hall–Kier alpha value is -0.440. The highest BCUT2D eigenvalue weighted by molar-refractivity contribution is 5.12. The SMILES string of the molecule is C1CCC(N(C2CCCCC2)C2CCC3C(C2)C2CNCCC2N3C2CCC(C3NC4NC5OC(C6CCC(N7C8CCNCC8C8CC(N(C9CCCCC9)C9CCCCC9)CCC87)CC6)NC5CC4O3)CC2)CC1. The van der Waals surface area contributed by atoms with Gasteiger partial charge in [-0.15, -0.1) is 0 Å². The molecule has 7 heterocycles. The highest BCUT2D eigenvalue weighted by Crippen LogP contribution is 2.53. The highest BCUT2D eigenvalue weighted by Gasteiger charge is 2.58. The molecule has 7 saturated heterocycles. The lowest BCUT2D eigenvalue weighted by atomic mass is 9.73. The van der Waals surface area contributed by atoms with Gasteiger partial charge < -0.3 is 20.1 Å². The van der Waals surface area contributed by atoms with Gasteiger partial charge in [0.2, 0.25) is 0 Å². The van der Waals surface area contributed by atoms with Gasteiger partial charge in [0.15, 0.2) is 0 Å². The van der Waals surface area contributed by atoms with Crippen molar-refractivity contribution in [1.29, 1.82) is 0 Å². The van der Waals surface area contributed by atoms with Crippen LogP contribution in [0, 0.1) is 35.5 Å². The molecule has 0 radical (unpaired) electrons. The summed E-state index contributed by atoms with van der Waals surface area (Å²) < 4.78 is 14.1. The normalized spacial score (nSPS) is 48.6. The third kappa shape index (κ3) is 10.1. The standard InChI is InChI=1S/C65H111N9O2/c1-5-13-44(14-6-1)71(45-15-7-2-8-16-45)50-29-31-57-52(37-50)54-40-66-35-33-59(54)73(57)48-25-21-42(22-26-48)63-68-56-39-61-62(70-65(56)76-63)69-64(75-61)43-23-27-49(28-24-43)74-58-32-30-51(38-53(58)55-41-67-36-34-60(55)74)72(46-17-9-3-10-18-46)47-19-11-4-12-20-47/h42-70H,1-41H2. The van der Waals surface area contributed by atoms with Crippen molar-refractivity contribution in [3.8, 4) is 0 Å².